The van der Waals surface area contributed by atoms with E-state index >= 15 is 0 Å². The van der Waals surface area contributed by atoms with Gasteiger partial charge in [0, 0.05) is 68.5 Å². The molecule has 0 aliphatic carbocycles. The highest BCUT2D eigenvalue weighted by molar-refractivity contribution is 6.32. The third-order valence-electron chi connectivity index (χ3n) is 7.37. The maximum atomic E-state index is 14.9. The van der Waals surface area contributed by atoms with Crippen LogP contribution in [0.25, 0.3) is 27.9 Å². The van der Waals surface area contributed by atoms with Gasteiger partial charge in [-0.15, -0.1) is 0 Å². The first-order valence-electron chi connectivity index (χ1n) is 13.1. The van der Waals surface area contributed by atoms with E-state index in [1.54, 1.807) is 49.9 Å². The minimum atomic E-state index is -0.480. The van der Waals surface area contributed by atoms with Gasteiger partial charge in [-0.3, -0.25) is 9.47 Å². The fourth-order valence-electron chi connectivity index (χ4n) is 5.13. The Labute approximate surface area is 232 Å². The second kappa shape index (κ2) is 10.5. The Balaban J connectivity index is 1.48. The topological polar surface area (TPSA) is 66.5 Å². The number of phenols is 1. The molecule has 0 saturated carbocycles. The van der Waals surface area contributed by atoms with Crippen LogP contribution in [0.5, 0.6) is 5.75 Å². The number of imidazole rings is 1. The summed E-state index contributed by atoms with van der Waals surface area (Å²) in [5.41, 5.74) is 2.27. The zero-order chi connectivity index (χ0) is 27.9. The van der Waals surface area contributed by atoms with Crippen molar-refractivity contribution in [2.24, 2.45) is 7.05 Å². The zero-order valence-electron chi connectivity index (χ0n) is 22.7. The second-order valence-corrected chi connectivity index (χ2v) is 11.4. The number of hydrogen-bond acceptors (Lipinski definition) is 5. The third kappa shape index (κ3) is 5.44. The Kier molecular flexibility index (Phi) is 7.27. The summed E-state index contributed by atoms with van der Waals surface area (Å²) in [5, 5.41) is 11.6. The Hall–Kier alpha value is -3.62. The Morgan fingerprint density at radius 3 is 2.31 bits per heavy atom. The van der Waals surface area contributed by atoms with Crippen molar-refractivity contribution in [3.8, 4) is 33.7 Å². The van der Waals surface area contributed by atoms with E-state index in [9.17, 15) is 14.3 Å². The predicted octanol–water partition coefficient (Wildman–Crippen LogP) is 5.71. The molecule has 4 aromatic rings. The van der Waals surface area contributed by atoms with E-state index in [0.717, 1.165) is 38.4 Å². The lowest BCUT2D eigenvalue weighted by Crippen LogP contribution is -2.43. The van der Waals surface area contributed by atoms with Crippen molar-refractivity contribution in [3.05, 3.63) is 82.4 Å². The molecule has 0 radical (unpaired) electrons. The number of pyridine rings is 1. The molecule has 204 valence electrons. The first kappa shape index (κ1) is 27.0. The largest absolute Gasteiger partial charge is 0.507 e. The van der Waals surface area contributed by atoms with Crippen molar-refractivity contribution >= 4 is 17.4 Å². The normalized spacial score (nSPS) is 15.0. The van der Waals surface area contributed by atoms with Gasteiger partial charge in [-0.1, -0.05) is 17.7 Å². The van der Waals surface area contributed by atoms with Crippen LogP contribution in [0.15, 0.2) is 65.8 Å². The van der Waals surface area contributed by atoms with Crippen molar-refractivity contribution in [1.82, 2.24) is 19.0 Å². The minimum Gasteiger partial charge on any atom is -0.507 e. The summed E-state index contributed by atoms with van der Waals surface area (Å²) in [7, 11) is 1.66. The van der Waals surface area contributed by atoms with Crippen LogP contribution >= 0.6 is 11.6 Å². The summed E-state index contributed by atoms with van der Waals surface area (Å²) >= 11 is 6.54. The quantitative estimate of drug-likeness (QED) is 0.353. The van der Waals surface area contributed by atoms with E-state index in [0.29, 0.717) is 33.0 Å². The summed E-state index contributed by atoms with van der Waals surface area (Å²) in [6.45, 7) is 10.4. The molecule has 0 atom stereocenters. The van der Waals surface area contributed by atoms with Crippen LogP contribution < -0.4 is 10.6 Å². The summed E-state index contributed by atoms with van der Waals surface area (Å²) in [6.07, 6.45) is 5.99. The highest BCUT2D eigenvalue weighted by Crippen LogP contribution is 2.41. The number of aromatic nitrogens is 3. The lowest BCUT2D eigenvalue weighted by molar-refractivity contribution is 0.148. The monoisotopic (exact) mass is 549 g/mol. The van der Waals surface area contributed by atoms with Gasteiger partial charge in [0.15, 0.2) is 0 Å². The lowest BCUT2D eigenvalue weighted by atomic mass is 9.97. The van der Waals surface area contributed by atoms with Crippen molar-refractivity contribution in [2.75, 3.05) is 31.1 Å². The molecule has 7 nitrogen and oxygen atoms in total. The van der Waals surface area contributed by atoms with E-state index in [4.69, 9.17) is 11.6 Å². The van der Waals surface area contributed by atoms with Crippen LogP contribution in [0.1, 0.15) is 27.2 Å². The van der Waals surface area contributed by atoms with Crippen molar-refractivity contribution in [2.45, 2.75) is 32.7 Å². The maximum Gasteiger partial charge on any atom is 0.332 e. The van der Waals surface area contributed by atoms with E-state index in [-0.39, 0.29) is 17.0 Å². The molecule has 0 unspecified atom stereocenters. The summed E-state index contributed by atoms with van der Waals surface area (Å²) < 4.78 is 17.8. The molecule has 3 heterocycles. The Morgan fingerprint density at radius 2 is 1.67 bits per heavy atom. The van der Waals surface area contributed by atoms with Gasteiger partial charge in [0.2, 0.25) is 0 Å². The molecule has 1 fully saturated rings. The Morgan fingerprint density at radius 1 is 0.949 bits per heavy atom. The molecule has 2 aromatic carbocycles. The van der Waals surface area contributed by atoms with E-state index < -0.39 is 5.82 Å². The highest BCUT2D eigenvalue weighted by Gasteiger charge is 2.25. The van der Waals surface area contributed by atoms with Gasteiger partial charge in [0.25, 0.3) is 0 Å². The van der Waals surface area contributed by atoms with Gasteiger partial charge >= 0.3 is 5.69 Å². The SMILES string of the molecule is Cn1ccn(-c2ccc(-c3cc(F)cc(-c4ccnc(N5CCCN(C(C)(C)C)CC5)c4)c3O)cc2Cl)c1=O. The van der Waals surface area contributed by atoms with Crippen LogP contribution in [-0.4, -0.2) is 55.8 Å². The molecule has 0 amide bonds. The average Bonchev–Trinajstić information content (AvgIpc) is 3.08. The van der Waals surface area contributed by atoms with Crippen LogP contribution in [0.4, 0.5) is 10.2 Å². The number of rotatable bonds is 4. The number of phenolic OH excluding ortho intramolecular Hbond substituents is 1. The molecule has 1 N–H and O–H groups in total. The van der Waals surface area contributed by atoms with Gasteiger partial charge in [0.05, 0.1) is 10.7 Å². The lowest BCUT2D eigenvalue weighted by Gasteiger charge is -2.34. The average molecular weight is 550 g/mol. The molecule has 1 aliphatic heterocycles. The van der Waals surface area contributed by atoms with Gasteiger partial charge in [-0.25, -0.2) is 14.2 Å². The summed E-state index contributed by atoms with van der Waals surface area (Å²) in [5.74, 6) is 0.268. The maximum absolute atomic E-state index is 14.9. The third-order valence-corrected chi connectivity index (χ3v) is 7.67. The summed E-state index contributed by atoms with van der Waals surface area (Å²) in [6, 6.07) is 11.3. The van der Waals surface area contributed by atoms with Crippen molar-refractivity contribution in [3.63, 3.8) is 0 Å². The smallest absolute Gasteiger partial charge is 0.332 e. The van der Waals surface area contributed by atoms with E-state index in [1.807, 2.05) is 6.07 Å². The standard InChI is InChI=1S/C30H33ClFN5O2/c1-30(2,3)36-11-5-10-35(13-14-36)27-17-21(8-9-33-27)24-19-22(32)18-23(28(24)38)20-6-7-26(25(31)16-20)37-15-12-34(4)29(37)39/h6-9,12,15-19,38H,5,10-11,13-14H2,1-4H3. The molecule has 2 aromatic heterocycles. The van der Waals surface area contributed by atoms with Gasteiger partial charge in [-0.2, -0.15) is 0 Å². The molecule has 0 bridgehead atoms. The number of nitrogens with zero attached hydrogens (tertiary/aromatic N) is 5. The number of aromatic hydroxyl groups is 1. The molecule has 9 heteroatoms. The van der Waals surface area contributed by atoms with Crippen LogP contribution in [-0.2, 0) is 7.05 Å². The second-order valence-electron chi connectivity index (χ2n) is 11.0. The van der Waals surface area contributed by atoms with Crippen molar-refractivity contribution < 1.29 is 9.50 Å². The molecule has 1 aliphatic rings. The fourth-order valence-corrected chi connectivity index (χ4v) is 5.40. The zero-order valence-corrected chi connectivity index (χ0v) is 23.4. The predicted molar refractivity (Wildman–Crippen MR) is 154 cm³/mol. The molecular formula is C30H33ClFN5O2. The van der Waals surface area contributed by atoms with Crippen LogP contribution in [0.2, 0.25) is 5.02 Å². The van der Waals surface area contributed by atoms with E-state index in [1.165, 1.54) is 21.3 Å². The van der Waals surface area contributed by atoms with Gasteiger partial charge in [-0.05, 0) is 74.7 Å². The number of anilines is 1. The molecule has 0 spiro atoms. The van der Waals surface area contributed by atoms with Gasteiger partial charge in [0.1, 0.15) is 17.4 Å². The van der Waals surface area contributed by atoms with Crippen LogP contribution in [0, 0.1) is 5.82 Å². The molecule has 39 heavy (non-hydrogen) atoms. The van der Waals surface area contributed by atoms with Crippen LogP contribution in [0.3, 0.4) is 0 Å². The molecule has 5 rings (SSSR count). The molecule has 1 saturated heterocycles. The molecular weight excluding hydrogens is 517 g/mol. The number of benzene rings is 2. The first-order chi connectivity index (χ1) is 18.5. The first-order valence-corrected chi connectivity index (χ1v) is 13.4. The summed E-state index contributed by atoms with van der Waals surface area (Å²) in [4.78, 5) is 21.7. The number of hydrogen-bond donors (Lipinski definition) is 1. The fraction of sp³-hybridized carbons (Fsp3) is 0.333. The minimum absolute atomic E-state index is 0.0518. The number of aryl methyl sites for hydroxylation is 1. The Bertz CT molecular complexity index is 1570. The van der Waals surface area contributed by atoms with Crippen molar-refractivity contribution in [1.29, 1.82) is 0 Å². The highest BCUT2D eigenvalue weighted by atomic mass is 35.5. The van der Waals surface area contributed by atoms with Gasteiger partial charge < -0.3 is 14.6 Å². The van der Waals surface area contributed by atoms with E-state index in [2.05, 4.69) is 35.6 Å². The number of halogens is 2.